The Morgan fingerprint density at radius 3 is 2.92 bits per heavy atom. The van der Waals surface area contributed by atoms with E-state index >= 15 is 0 Å². The Bertz CT molecular complexity index is 276. The SMILES string of the molecule is CC(C)C1=CC=C2CCC=CC2C1. The van der Waals surface area contributed by atoms with Crippen LogP contribution < -0.4 is 0 Å². The summed E-state index contributed by atoms with van der Waals surface area (Å²) in [5.41, 5.74) is 3.26. The minimum Gasteiger partial charge on any atom is -0.0876 e. The van der Waals surface area contributed by atoms with E-state index in [-0.39, 0.29) is 0 Å². The summed E-state index contributed by atoms with van der Waals surface area (Å²) in [6.07, 6.45) is 13.2. The van der Waals surface area contributed by atoms with Gasteiger partial charge in [0.1, 0.15) is 0 Å². The first-order valence-electron chi connectivity index (χ1n) is 5.33. The Morgan fingerprint density at radius 2 is 2.15 bits per heavy atom. The first-order chi connectivity index (χ1) is 6.27. The molecule has 2 rings (SSSR count). The van der Waals surface area contributed by atoms with Crippen molar-refractivity contribution < 1.29 is 0 Å². The topological polar surface area (TPSA) is 0 Å². The van der Waals surface area contributed by atoms with Crippen LogP contribution in [0.1, 0.15) is 33.1 Å². The second kappa shape index (κ2) is 3.53. The van der Waals surface area contributed by atoms with E-state index in [1.54, 1.807) is 11.1 Å². The fourth-order valence-corrected chi connectivity index (χ4v) is 2.19. The predicted molar refractivity (Wildman–Crippen MR) is 57.5 cm³/mol. The smallest absolute Gasteiger partial charge is 0.00173 e. The van der Waals surface area contributed by atoms with E-state index in [9.17, 15) is 0 Å². The molecule has 0 radical (unpaired) electrons. The van der Waals surface area contributed by atoms with Crippen molar-refractivity contribution in [3.8, 4) is 0 Å². The normalized spacial score (nSPS) is 26.8. The molecule has 1 unspecified atom stereocenters. The van der Waals surface area contributed by atoms with Crippen molar-refractivity contribution in [1.82, 2.24) is 0 Å². The van der Waals surface area contributed by atoms with Gasteiger partial charge < -0.3 is 0 Å². The molecule has 0 amide bonds. The van der Waals surface area contributed by atoms with Gasteiger partial charge >= 0.3 is 0 Å². The molecule has 0 nitrogen and oxygen atoms in total. The number of allylic oxidation sites excluding steroid dienone is 6. The molecule has 0 heterocycles. The average molecular weight is 174 g/mol. The maximum absolute atomic E-state index is 2.39. The molecule has 13 heavy (non-hydrogen) atoms. The van der Waals surface area contributed by atoms with Gasteiger partial charge in [0.15, 0.2) is 0 Å². The van der Waals surface area contributed by atoms with Crippen LogP contribution in [0.3, 0.4) is 0 Å². The molecule has 70 valence electrons. The number of rotatable bonds is 1. The van der Waals surface area contributed by atoms with Crippen molar-refractivity contribution in [3.63, 3.8) is 0 Å². The van der Waals surface area contributed by atoms with Crippen molar-refractivity contribution in [2.45, 2.75) is 33.1 Å². The van der Waals surface area contributed by atoms with E-state index in [4.69, 9.17) is 0 Å². The number of hydrogen-bond donors (Lipinski definition) is 0. The molecule has 0 saturated heterocycles. The standard InChI is InChI=1S/C13H18/c1-10(2)12-8-7-11-5-3-4-6-13(11)9-12/h4,6-8,10,13H,3,5,9H2,1-2H3. The molecule has 0 N–H and O–H groups in total. The summed E-state index contributed by atoms with van der Waals surface area (Å²) in [6, 6.07) is 0. The maximum atomic E-state index is 2.39. The monoisotopic (exact) mass is 174 g/mol. The lowest BCUT2D eigenvalue weighted by Crippen LogP contribution is -2.11. The minimum atomic E-state index is 0.716. The third kappa shape index (κ3) is 1.77. The highest BCUT2D eigenvalue weighted by Gasteiger charge is 2.19. The summed E-state index contributed by atoms with van der Waals surface area (Å²) in [5, 5.41) is 0. The quantitative estimate of drug-likeness (QED) is 0.529. The fourth-order valence-electron chi connectivity index (χ4n) is 2.19. The summed E-state index contributed by atoms with van der Waals surface area (Å²) < 4.78 is 0. The molecule has 2 aliphatic carbocycles. The molecule has 2 aliphatic rings. The summed E-state index contributed by atoms with van der Waals surface area (Å²) in [4.78, 5) is 0. The molecule has 0 aromatic heterocycles. The van der Waals surface area contributed by atoms with Crippen molar-refractivity contribution in [1.29, 1.82) is 0 Å². The van der Waals surface area contributed by atoms with Gasteiger partial charge in [0.25, 0.3) is 0 Å². The van der Waals surface area contributed by atoms with E-state index in [0.29, 0.717) is 5.92 Å². The second-order valence-corrected chi connectivity index (χ2v) is 4.42. The molecule has 1 atom stereocenters. The van der Waals surface area contributed by atoms with Crippen LogP contribution in [0.15, 0.2) is 35.5 Å². The van der Waals surface area contributed by atoms with Gasteiger partial charge in [0.2, 0.25) is 0 Å². The summed E-state index contributed by atoms with van der Waals surface area (Å²) in [6.45, 7) is 4.58. The van der Waals surface area contributed by atoms with E-state index in [1.807, 2.05) is 0 Å². The molecule has 0 aliphatic heterocycles. The van der Waals surface area contributed by atoms with Gasteiger partial charge in [-0.15, -0.1) is 0 Å². The van der Waals surface area contributed by atoms with E-state index in [0.717, 1.165) is 5.92 Å². The van der Waals surface area contributed by atoms with Gasteiger partial charge in [-0.1, -0.05) is 49.3 Å². The average Bonchev–Trinajstić information content (AvgIpc) is 2.17. The third-order valence-corrected chi connectivity index (χ3v) is 3.15. The number of hydrogen-bond acceptors (Lipinski definition) is 0. The summed E-state index contributed by atoms with van der Waals surface area (Å²) in [5.74, 6) is 1.45. The van der Waals surface area contributed by atoms with Crippen molar-refractivity contribution in [2.24, 2.45) is 11.8 Å². The van der Waals surface area contributed by atoms with Crippen LogP contribution in [-0.4, -0.2) is 0 Å². The van der Waals surface area contributed by atoms with Gasteiger partial charge in [-0.3, -0.25) is 0 Å². The molecule has 0 fully saturated rings. The van der Waals surface area contributed by atoms with E-state index in [1.165, 1.54) is 19.3 Å². The van der Waals surface area contributed by atoms with Crippen molar-refractivity contribution >= 4 is 0 Å². The zero-order chi connectivity index (χ0) is 9.26. The fraction of sp³-hybridized carbons (Fsp3) is 0.538. The van der Waals surface area contributed by atoms with E-state index < -0.39 is 0 Å². The molecular formula is C13H18. The van der Waals surface area contributed by atoms with Crippen LogP contribution in [0.2, 0.25) is 0 Å². The Hall–Kier alpha value is -0.780. The zero-order valence-electron chi connectivity index (χ0n) is 8.59. The molecule has 0 spiro atoms. The largest absolute Gasteiger partial charge is 0.0876 e. The van der Waals surface area contributed by atoms with Gasteiger partial charge in [-0.05, 0) is 25.2 Å². The maximum Gasteiger partial charge on any atom is 0.00173 e. The highest BCUT2D eigenvalue weighted by atomic mass is 14.2. The van der Waals surface area contributed by atoms with Crippen LogP contribution in [0.5, 0.6) is 0 Å². The first-order valence-corrected chi connectivity index (χ1v) is 5.33. The third-order valence-electron chi connectivity index (χ3n) is 3.15. The molecule has 0 aromatic carbocycles. The van der Waals surface area contributed by atoms with Crippen molar-refractivity contribution in [2.75, 3.05) is 0 Å². The van der Waals surface area contributed by atoms with Gasteiger partial charge in [0, 0.05) is 5.92 Å². The lowest BCUT2D eigenvalue weighted by atomic mass is 9.79. The van der Waals surface area contributed by atoms with Gasteiger partial charge in [-0.25, -0.2) is 0 Å². The first kappa shape index (κ1) is 8.80. The highest BCUT2D eigenvalue weighted by Crippen LogP contribution is 2.34. The molecule has 0 saturated carbocycles. The molecule has 0 bridgehead atoms. The van der Waals surface area contributed by atoms with Gasteiger partial charge in [-0.2, -0.15) is 0 Å². The zero-order valence-corrected chi connectivity index (χ0v) is 8.59. The molecular weight excluding hydrogens is 156 g/mol. The Labute approximate surface area is 81.0 Å². The molecule has 0 aromatic rings. The molecule has 0 heteroatoms. The van der Waals surface area contributed by atoms with Crippen LogP contribution in [0.25, 0.3) is 0 Å². The van der Waals surface area contributed by atoms with Crippen LogP contribution in [0.4, 0.5) is 0 Å². The lowest BCUT2D eigenvalue weighted by molar-refractivity contribution is 0.606. The minimum absolute atomic E-state index is 0.716. The van der Waals surface area contributed by atoms with E-state index in [2.05, 4.69) is 38.2 Å². The summed E-state index contributed by atoms with van der Waals surface area (Å²) >= 11 is 0. The highest BCUT2D eigenvalue weighted by molar-refractivity contribution is 5.32. The van der Waals surface area contributed by atoms with Gasteiger partial charge in [0.05, 0.1) is 0 Å². The van der Waals surface area contributed by atoms with Crippen LogP contribution >= 0.6 is 0 Å². The van der Waals surface area contributed by atoms with Crippen LogP contribution in [0, 0.1) is 11.8 Å². The Balaban J connectivity index is 2.20. The Kier molecular flexibility index (Phi) is 2.39. The van der Waals surface area contributed by atoms with Crippen molar-refractivity contribution in [3.05, 3.63) is 35.5 Å². The van der Waals surface area contributed by atoms with Crippen LogP contribution in [-0.2, 0) is 0 Å². The number of fused-ring (bicyclic) bond motifs is 1. The lowest BCUT2D eigenvalue weighted by Gasteiger charge is -2.26. The predicted octanol–water partition coefficient (Wildman–Crippen LogP) is 3.87. The Morgan fingerprint density at radius 1 is 1.31 bits per heavy atom. The summed E-state index contributed by atoms with van der Waals surface area (Å²) in [7, 11) is 0. The second-order valence-electron chi connectivity index (χ2n) is 4.42.